The van der Waals surface area contributed by atoms with Gasteiger partial charge in [0.2, 0.25) is 11.4 Å². The zero-order valence-electron chi connectivity index (χ0n) is 27.6. The highest BCUT2D eigenvalue weighted by molar-refractivity contribution is 6.10. The fourth-order valence-electron chi connectivity index (χ4n) is 6.22. The molecule has 0 radical (unpaired) electrons. The first kappa shape index (κ1) is 32.4. The molecule has 10 nitrogen and oxygen atoms in total. The van der Waals surface area contributed by atoms with Crippen molar-refractivity contribution < 1.29 is 18.7 Å². The van der Waals surface area contributed by atoms with Crippen LogP contribution in [0.3, 0.4) is 0 Å². The maximum atomic E-state index is 12.5. The van der Waals surface area contributed by atoms with Crippen molar-refractivity contribution in [1.29, 1.82) is 0 Å². The maximum absolute atomic E-state index is 12.5. The number of nitrogens with one attached hydrogen (secondary N) is 1. The van der Waals surface area contributed by atoms with Gasteiger partial charge in [-0.25, -0.2) is 14.6 Å². The van der Waals surface area contributed by atoms with E-state index >= 15 is 0 Å². The van der Waals surface area contributed by atoms with Gasteiger partial charge in [-0.1, -0.05) is 30.3 Å². The molecule has 6 rings (SSSR count). The number of piperazine rings is 1. The second kappa shape index (κ2) is 14.4. The number of anilines is 1. The number of pyridine rings is 1. The number of fused-ring (bicyclic) bond motifs is 1. The maximum Gasteiger partial charge on any atom is 0.410 e. The Morgan fingerprint density at radius 3 is 2.32 bits per heavy atom. The summed E-state index contributed by atoms with van der Waals surface area (Å²) in [5.74, 6) is 1.53. The molecular weight excluding hydrogens is 592 g/mol. The summed E-state index contributed by atoms with van der Waals surface area (Å²) in [6, 6.07) is 18.1. The lowest BCUT2D eigenvalue weighted by Gasteiger charge is -2.35. The van der Waals surface area contributed by atoms with Gasteiger partial charge in [-0.15, -0.1) is 0 Å². The largest absolute Gasteiger partial charge is 0.492 e. The van der Waals surface area contributed by atoms with Crippen LogP contribution in [0.4, 0.5) is 16.2 Å². The fraction of sp³-hybridized carbons (Fsp3) is 0.432. The van der Waals surface area contributed by atoms with Gasteiger partial charge in [-0.3, -0.25) is 9.80 Å². The Labute approximate surface area is 277 Å². The summed E-state index contributed by atoms with van der Waals surface area (Å²) in [7, 11) is 0. The molecule has 0 atom stereocenters. The van der Waals surface area contributed by atoms with E-state index in [1.807, 2.05) is 63.2 Å². The molecule has 0 unspecified atom stereocenters. The Morgan fingerprint density at radius 2 is 1.64 bits per heavy atom. The molecule has 2 aliphatic heterocycles. The fourth-order valence-corrected chi connectivity index (χ4v) is 6.22. The van der Waals surface area contributed by atoms with Gasteiger partial charge >= 0.3 is 6.09 Å². The molecule has 2 aromatic heterocycles. The van der Waals surface area contributed by atoms with Gasteiger partial charge in [0.15, 0.2) is 0 Å². The van der Waals surface area contributed by atoms with E-state index in [-0.39, 0.29) is 6.09 Å². The zero-order valence-corrected chi connectivity index (χ0v) is 27.6. The van der Waals surface area contributed by atoms with Gasteiger partial charge in [0.25, 0.3) is 0 Å². The van der Waals surface area contributed by atoms with E-state index in [2.05, 4.69) is 37.1 Å². The van der Waals surface area contributed by atoms with Gasteiger partial charge in [-0.05, 0) is 76.5 Å². The topological polar surface area (TPSA) is 87.7 Å². The van der Waals surface area contributed by atoms with E-state index in [9.17, 15) is 4.79 Å². The minimum absolute atomic E-state index is 0.264. The smallest absolute Gasteiger partial charge is 0.410 e. The standard InChI is InChI=1S/C37H44N6O4/c1-37(2,3)47-36(44)43-22-20-42(21-23-43)19-16-39-33-30(38-4)26-40-35-32(33)31(27-10-6-5-7-11-27)34(46-35)28-12-14-29(15-13-28)45-25-24-41-17-8-9-18-41/h5-7,10-15,26H,8-9,16-25H2,1-3H3,(H,39,40). The molecule has 10 heteroatoms. The van der Waals surface area contributed by atoms with Crippen LogP contribution in [0.15, 0.2) is 65.2 Å². The lowest BCUT2D eigenvalue weighted by molar-refractivity contribution is 0.0148. The SMILES string of the molecule is [C-]#[N+]c1cnc2oc(-c3ccc(OCCN4CCCC4)cc3)c(-c3ccccc3)c2c1NCCN1CCN(C(=O)OC(C)(C)C)CC1. The predicted octanol–water partition coefficient (Wildman–Crippen LogP) is 7.15. The highest BCUT2D eigenvalue weighted by Crippen LogP contribution is 2.46. The van der Waals surface area contributed by atoms with Crippen molar-refractivity contribution in [3.8, 4) is 28.2 Å². The molecule has 1 amide bonds. The minimum atomic E-state index is -0.509. The minimum Gasteiger partial charge on any atom is -0.492 e. The summed E-state index contributed by atoms with van der Waals surface area (Å²) in [6.07, 6.45) is 3.86. The number of furan rings is 1. The number of hydrogen-bond acceptors (Lipinski definition) is 8. The lowest BCUT2D eigenvalue weighted by Crippen LogP contribution is -2.50. The predicted molar refractivity (Wildman–Crippen MR) is 185 cm³/mol. The monoisotopic (exact) mass is 636 g/mol. The number of hydrogen-bond donors (Lipinski definition) is 1. The molecule has 1 N–H and O–H groups in total. The summed E-state index contributed by atoms with van der Waals surface area (Å²) in [5.41, 5.74) is 3.92. The number of benzene rings is 2. The molecule has 4 aromatic rings. The van der Waals surface area contributed by atoms with Crippen molar-refractivity contribution in [1.82, 2.24) is 19.7 Å². The Hall–Kier alpha value is -4.59. The van der Waals surface area contributed by atoms with Crippen molar-refractivity contribution in [3.63, 3.8) is 0 Å². The molecule has 0 aliphatic carbocycles. The molecule has 0 saturated carbocycles. The van der Waals surface area contributed by atoms with E-state index in [0.717, 1.165) is 67.1 Å². The van der Waals surface area contributed by atoms with Crippen LogP contribution in [0.1, 0.15) is 33.6 Å². The van der Waals surface area contributed by atoms with E-state index < -0.39 is 5.60 Å². The first-order chi connectivity index (χ1) is 22.8. The zero-order chi connectivity index (χ0) is 32.8. The average molecular weight is 637 g/mol. The average Bonchev–Trinajstić information content (AvgIpc) is 3.73. The van der Waals surface area contributed by atoms with E-state index in [1.54, 1.807) is 11.1 Å². The van der Waals surface area contributed by atoms with Gasteiger partial charge < -0.3 is 24.1 Å². The van der Waals surface area contributed by atoms with Crippen LogP contribution in [-0.4, -0.2) is 96.9 Å². The summed E-state index contributed by atoms with van der Waals surface area (Å²) in [6.45, 7) is 21.6. The molecule has 2 saturated heterocycles. The number of likely N-dealkylation sites (tertiary alicyclic amines) is 1. The van der Waals surface area contributed by atoms with E-state index in [4.69, 9.17) is 20.5 Å². The van der Waals surface area contributed by atoms with Gasteiger partial charge in [0.05, 0.1) is 17.6 Å². The van der Waals surface area contributed by atoms with Crippen LogP contribution in [0.5, 0.6) is 5.75 Å². The number of carbonyl (C=O) groups is 1. The molecule has 2 aromatic carbocycles. The third kappa shape index (κ3) is 7.87. The van der Waals surface area contributed by atoms with Crippen LogP contribution in [0, 0.1) is 6.57 Å². The van der Waals surface area contributed by atoms with Gasteiger partial charge in [0, 0.05) is 63.1 Å². The quantitative estimate of drug-likeness (QED) is 0.184. The van der Waals surface area contributed by atoms with Gasteiger partial charge in [0.1, 0.15) is 23.7 Å². The van der Waals surface area contributed by atoms with Crippen LogP contribution < -0.4 is 10.1 Å². The molecule has 246 valence electrons. The molecule has 2 aliphatic rings. The Kier molecular flexibility index (Phi) is 9.95. The van der Waals surface area contributed by atoms with Crippen LogP contribution in [-0.2, 0) is 4.74 Å². The number of nitrogens with zero attached hydrogens (tertiary/aromatic N) is 5. The molecule has 0 bridgehead atoms. The Balaban J connectivity index is 1.20. The highest BCUT2D eigenvalue weighted by atomic mass is 16.6. The number of amides is 1. The molecule has 47 heavy (non-hydrogen) atoms. The first-order valence-corrected chi connectivity index (χ1v) is 16.6. The summed E-state index contributed by atoms with van der Waals surface area (Å²) in [5, 5.41) is 4.36. The highest BCUT2D eigenvalue weighted by Gasteiger charge is 2.27. The summed E-state index contributed by atoms with van der Waals surface area (Å²) < 4.78 is 18.1. The van der Waals surface area contributed by atoms with Crippen molar-refractivity contribution in [3.05, 3.63) is 72.2 Å². The van der Waals surface area contributed by atoms with Crippen molar-refractivity contribution >= 4 is 28.6 Å². The van der Waals surface area contributed by atoms with Gasteiger partial charge in [-0.2, -0.15) is 0 Å². The second-order valence-electron chi connectivity index (χ2n) is 13.1. The second-order valence-corrected chi connectivity index (χ2v) is 13.1. The molecule has 0 spiro atoms. The summed E-state index contributed by atoms with van der Waals surface area (Å²) >= 11 is 0. The molecular formula is C37H44N6O4. The molecule has 4 heterocycles. The first-order valence-electron chi connectivity index (χ1n) is 16.6. The molecule has 2 fully saturated rings. The van der Waals surface area contributed by atoms with E-state index in [0.29, 0.717) is 49.1 Å². The normalized spacial score (nSPS) is 15.9. The van der Waals surface area contributed by atoms with E-state index in [1.165, 1.54) is 12.8 Å². The van der Waals surface area contributed by atoms with Crippen LogP contribution in [0.2, 0.25) is 0 Å². The third-order valence-corrected chi connectivity index (χ3v) is 8.63. The van der Waals surface area contributed by atoms with Crippen LogP contribution >= 0.6 is 0 Å². The van der Waals surface area contributed by atoms with Crippen molar-refractivity contribution in [2.45, 2.75) is 39.2 Å². The third-order valence-electron chi connectivity index (χ3n) is 8.63. The van der Waals surface area contributed by atoms with Crippen molar-refractivity contribution in [2.75, 3.05) is 70.8 Å². The lowest BCUT2D eigenvalue weighted by atomic mass is 9.98. The number of aromatic nitrogens is 1. The van der Waals surface area contributed by atoms with Crippen molar-refractivity contribution in [2.24, 2.45) is 0 Å². The number of ether oxygens (including phenoxy) is 2. The summed E-state index contributed by atoms with van der Waals surface area (Å²) in [4.78, 5) is 27.4. The Morgan fingerprint density at radius 1 is 0.936 bits per heavy atom. The number of rotatable bonds is 10. The Bertz CT molecular complexity index is 1690. The van der Waals surface area contributed by atoms with Crippen LogP contribution in [0.25, 0.3) is 38.4 Å². The number of carbonyl (C=O) groups excluding carboxylic acids is 1.